The zero-order valence-electron chi connectivity index (χ0n) is 15.1. The van der Waals surface area contributed by atoms with E-state index in [1.165, 1.54) is 31.5 Å². The highest BCUT2D eigenvalue weighted by Crippen LogP contribution is 2.29. The highest BCUT2D eigenvalue weighted by atomic mass is 19.3. The van der Waals surface area contributed by atoms with Gasteiger partial charge in [-0.2, -0.15) is 8.78 Å². The van der Waals surface area contributed by atoms with Gasteiger partial charge in [0, 0.05) is 25.0 Å². The van der Waals surface area contributed by atoms with Crippen LogP contribution in [0.3, 0.4) is 0 Å². The minimum atomic E-state index is -2.70. The quantitative estimate of drug-likeness (QED) is 0.634. The van der Waals surface area contributed by atoms with Crippen LogP contribution >= 0.6 is 0 Å². The van der Waals surface area contributed by atoms with Crippen molar-refractivity contribution in [2.45, 2.75) is 32.9 Å². The highest BCUT2D eigenvalue weighted by molar-refractivity contribution is 5.94. The summed E-state index contributed by atoms with van der Waals surface area (Å²) < 4.78 is 37.5. The number of methoxy groups -OCH3 is 1. The number of halogens is 2. The topological polar surface area (TPSA) is 56.6 Å². The Morgan fingerprint density at radius 3 is 2.77 bits per heavy atom. The third-order valence-corrected chi connectivity index (χ3v) is 3.85. The number of carbonyl (C=O) groups is 1. The van der Waals surface area contributed by atoms with Crippen LogP contribution < -0.4 is 9.47 Å². The number of hydrogen-bond acceptors (Lipinski definition) is 4. The van der Waals surface area contributed by atoms with Crippen molar-refractivity contribution in [3.8, 4) is 11.5 Å². The monoisotopic (exact) mass is 367 g/mol. The number of ether oxygens (including phenoxy) is 2. The molecule has 0 saturated carbocycles. The zero-order chi connectivity index (χ0) is 19.1. The van der Waals surface area contributed by atoms with Crippen molar-refractivity contribution >= 4 is 5.91 Å². The lowest BCUT2D eigenvalue weighted by atomic mass is 10.1. The van der Waals surface area contributed by atoms with Gasteiger partial charge in [0.1, 0.15) is 5.82 Å². The van der Waals surface area contributed by atoms with Crippen molar-refractivity contribution in [3.63, 3.8) is 0 Å². The summed E-state index contributed by atoms with van der Waals surface area (Å²) in [7, 11) is 3.03. The van der Waals surface area contributed by atoms with Crippen LogP contribution in [-0.4, -0.2) is 41.1 Å². The number of amides is 1. The van der Waals surface area contributed by atoms with Gasteiger partial charge in [-0.1, -0.05) is 13.3 Å². The smallest absolute Gasteiger partial charge is 0.319 e. The maximum Gasteiger partial charge on any atom is 0.319 e. The number of benzene rings is 1. The maximum absolute atomic E-state index is 12.9. The van der Waals surface area contributed by atoms with Crippen molar-refractivity contribution in [2.24, 2.45) is 0 Å². The molecule has 0 fully saturated rings. The average molecular weight is 367 g/mol. The summed E-state index contributed by atoms with van der Waals surface area (Å²) in [5.74, 6) is 0.803. The molecular weight excluding hydrogens is 344 g/mol. The largest absolute Gasteiger partial charge is 0.493 e. The third kappa shape index (κ3) is 4.71. The molecular formula is C18H23F2N3O3. The fourth-order valence-corrected chi connectivity index (χ4v) is 2.39. The third-order valence-electron chi connectivity index (χ3n) is 3.85. The van der Waals surface area contributed by atoms with E-state index in [2.05, 4.69) is 11.9 Å². The number of nitrogens with zero attached hydrogens (tertiary/aromatic N) is 3. The Bertz CT molecular complexity index is 734. The lowest BCUT2D eigenvalue weighted by Crippen LogP contribution is -2.28. The van der Waals surface area contributed by atoms with Crippen LogP contribution in [0.15, 0.2) is 30.6 Å². The molecule has 142 valence electrons. The summed E-state index contributed by atoms with van der Waals surface area (Å²) in [6.07, 6.45) is 4.40. The second-order valence-corrected chi connectivity index (χ2v) is 5.76. The predicted octanol–water partition coefficient (Wildman–Crippen LogP) is 3.74. The summed E-state index contributed by atoms with van der Waals surface area (Å²) in [6.45, 7) is -0.100. The molecule has 0 aliphatic heterocycles. The van der Waals surface area contributed by atoms with Crippen LogP contribution in [0.25, 0.3) is 0 Å². The lowest BCUT2D eigenvalue weighted by Gasteiger charge is -2.18. The van der Waals surface area contributed by atoms with Crippen molar-refractivity contribution < 1.29 is 23.0 Å². The molecule has 1 amide bonds. The van der Waals surface area contributed by atoms with E-state index in [9.17, 15) is 13.6 Å². The molecule has 6 nitrogen and oxygen atoms in total. The fourth-order valence-electron chi connectivity index (χ4n) is 2.39. The van der Waals surface area contributed by atoms with Gasteiger partial charge in [0.25, 0.3) is 5.91 Å². The van der Waals surface area contributed by atoms with Crippen molar-refractivity contribution in [1.82, 2.24) is 14.5 Å². The number of rotatable bonds is 9. The molecule has 0 aliphatic rings. The Kier molecular flexibility index (Phi) is 6.94. The van der Waals surface area contributed by atoms with Crippen LogP contribution in [-0.2, 0) is 6.54 Å². The Labute approximate surface area is 151 Å². The SMILES string of the molecule is CCCCOc1ccc(C(=O)N(C)Cc2nccn2C(F)F)cc1OC. The van der Waals surface area contributed by atoms with Crippen LogP contribution in [0.1, 0.15) is 42.5 Å². The molecule has 2 rings (SSSR count). The summed E-state index contributed by atoms with van der Waals surface area (Å²) in [6, 6.07) is 4.89. The minimum Gasteiger partial charge on any atom is -0.493 e. The van der Waals surface area contributed by atoms with Gasteiger partial charge in [-0.15, -0.1) is 0 Å². The van der Waals surface area contributed by atoms with E-state index >= 15 is 0 Å². The number of unbranched alkanes of at least 4 members (excludes halogenated alkanes) is 1. The molecule has 0 radical (unpaired) electrons. The van der Waals surface area contributed by atoms with E-state index < -0.39 is 6.55 Å². The first-order valence-electron chi connectivity index (χ1n) is 8.34. The van der Waals surface area contributed by atoms with Gasteiger partial charge < -0.3 is 14.4 Å². The van der Waals surface area contributed by atoms with Crippen LogP contribution in [0.2, 0.25) is 0 Å². The van der Waals surface area contributed by atoms with E-state index in [4.69, 9.17) is 9.47 Å². The lowest BCUT2D eigenvalue weighted by molar-refractivity contribution is 0.0612. The molecule has 1 aromatic heterocycles. The Balaban J connectivity index is 2.11. The van der Waals surface area contributed by atoms with Gasteiger partial charge >= 0.3 is 6.55 Å². The number of imidazole rings is 1. The number of hydrogen-bond donors (Lipinski definition) is 0. The average Bonchev–Trinajstić information content (AvgIpc) is 3.09. The van der Waals surface area contributed by atoms with Crippen LogP contribution in [0, 0.1) is 0 Å². The molecule has 8 heteroatoms. The predicted molar refractivity (Wildman–Crippen MR) is 92.7 cm³/mol. The number of alkyl halides is 2. The maximum atomic E-state index is 12.9. The summed E-state index contributed by atoms with van der Waals surface area (Å²) >= 11 is 0. The molecule has 0 bridgehead atoms. The summed E-state index contributed by atoms with van der Waals surface area (Å²) in [5, 5.41) is 0. The molecule has 0 atom stereocenters. The van der Waals surface area contributed by atoms with Crippen LogP contribution in [0.5, 0.6) is 11.5 Å². The van der Waals surface area contributed by atoms with Gasteiger partial charge in [0.2, 0.25) is 0 Å². The van der Waals surface area contributed by atoms with Crippen molar-refractivity contribution in [2.75, 3.05) is 20.8 Å². The number of aromatic nitrogens is 2. The van der Waals surface area contributed by atoms with Gasteiger partial charge in [0.05, 0.1) is 20.3 Å². The molecule has 0 saturated heterocycles. The van der Waals surface area contributed by atoms with Crippen molar-refractivity contribution in [3.05, 3.63) is 42.0 Å². The first-order valence-corrected chi connectivity index (χ1v) is 8.34. The first-order chi connectivity index (χ1) is 12.5. The van der Waals surface area contributed by atoms with E-state index in [1.54, 1.807) is 18.2 Å². The normalized spacial score (nSPS) is 10.8. The van der Waals surface area contributed by atoms with E-state index in [0.717, 1.165) is 17.4 Å². The van der Waals surface area contributed by atoms with Gasteiger partial charge in [0.15, 0.2) is 11.5 Å². The summed E-state index contributed by atoms with van der Waals surface area (Å²) in [4.78, 5) is 17.8. The van der Waals surface area contributed by atoms with E-state index in [0.29, 0.717) is 23.7 Å². The van der Waals surface area contributed by atoms with E-state index in [1.807, 2.05) is 0 Å². The molecule has 1 aromatic carbocycles. The van der Waals surface area contributed by atoms with Crippen LogP contribution in [0.4, 0.5) is 8.78 Å². The Morgan fingerprint density at radius 1 is 1.35 bits per heavy atom. The highest BCUT2D eigenvalue weighted by Gasteiger charge is 2.19. The number of carbonyl (C=O) groups excluding carboxylic acids is 1. The van der Waals surface area contributed by atoms with Gasteiger partial charge in [-0.25, -0.2) is 4.98 Å². The summed E-state index contributed by atoms with van der Waals surface area (Å²) in [5.41, 5.74) is 0.377. The zero-order valence-corrected chi connectivity index (χ0v) is 15.1. The van der Waals surface area contributed by atoms with E-state index in [-0.39, 0.29) is 18.3 Å². The molecule has 26 heavy (non-hydrogen) atoms. The van der Waals surface area contributed by atoms with Crippen molar-refractivity contribution in [1.29, 1.82) is 0 Å². The standard InChI is InChI=1S/C18H23F2N3O3/c1-4-5-10-26-14-7-6-13(11-15(14)25-3)17(24)22(2)12-16-21-8-9-23(16)18(19)20/h6-9,11,18H,4-5,10,12H2,1-3H3. The Morgan fingerprint density at radius 2 is 2.12 bits per heavy atom. The molecule has 0 N–H and O–H groups in total. The minimum absolute atomic E-state index is 0.0345. The van der Waals surface area contributed by atoms with Gasteiger partial charge in [-0.05, 0) is 24.6 Å². The molecule has 0 aliphatic carbocycles. The first kappa shape index (κ1) is 19.7. The second-order valence-electron chi connectivity index (χ2n) is 5.76. The molecule has 2 aromatic rings. The van der Waals surface area contributed by atoms with Gasteiger partial charge in [-0.3, -0.25) is 9.36 Å². The fraction of sp³-hybridized carbons (Fsp3) is 0.444. The molecule has 0 unspecified atom stereocenters. The molecule has 0 spiro atoms. The molecule has 1 heterocycles. The Hall–Kier alpha value is -2.64. The second kappa shape index (κ2) is 9.17.